The number of benzene rings is 1. The zero-order chi connectivity index (χ0) is 23.3. The van der Waals surface area contributed by atoms with Gasteiger partial charge in [-0.3, -0.25) is 20.1 Å². The van der Waals surface area contributed by atoms with E-state index >= 15 is 0 Å². The molecule has 3 rings (SSSR count). The first-order valence-corrected chi connectivity index (χ1v) is 9.88. The van der Waals surface area contributed by atoms with Crippen molar-refractivity contribution in [2.45, 2.75) is 24.7 Å². The minimum atomic E-state index is -1.31. The molecule has 0 saturated carbocycles. The molecule has 2 amide bonds. The van der Waals surface area contributed by atoms with Crippen LogP contribution in [0, 0.1) is 0 Å². The highest BCUT2D eigenvalue weighted by Crippen LogP contribution is 2.14. The van der Waals surface area contributed by atoms with Gasteiger partial charge in [-0.2, -0.15) is 0 Å². The van der Waals surface area contributed by atoms with Gasteiger partial charge in [0.1, 0.15) is 17.6 Å². The number of carboxylic acid groups (broad SMARTS) is 2. The van der Waals surface area contributed by atoms with Crippen LogP contribution in [0.15, 0.2) is 35.8 Å². The van der Waals surface area contributed by atoms with Crippen LogP contribution in [-0.2, 0) is 14.4 Å². The molecule has 13 nitrogen and oxygen atoms in total. The number of hydrogen-bond acceptors (Lipinski definition) is 9. The maximum absolute atomic E-state index is 12.3. The van der Waals surface area contributed by atoms with Gasteiger partial charge in [-0.15, -0.1) is 0 Å². The second-order valence-corrected chi connectivity index (χ2v) is 7.38. The second-order valence-electron chi connectivity index (χ2n) is 7.38. The van der Waals surface area contributed by atoms with Gasteiger partial charge in [0.15, 0.2) is 5.79 Å². The second kappa shape index (κ2) is 9.43. The Kier molecular flexibility index (Phi) is 6.68. The van der Waals surface area contributed by atoms with Gasteiger partial charge in [0, 0.05) is 30.8 Å². The number of nitrogens with one attached hydrogen (secondary N) is 6. The molecule has 13 heteroatoms. The molecule has 2 heterocycles. The average Bonchev–Trinajstić information content (AvgIpc) is 2.75. The third-order valence-electron chi connectivity index (χ3n) is 4.86. The van der Waals surface area contributed by atoms with Gasteiger partial charge in [0.2, 0.25) is 0 Å². The highest BCUT2D eigenvalue weighted by Gasteiger charge is 2.36. The molecular formula is C19H25N7O6. The van der Waals surface area contributed by atoms with E-state index in [-0.39, 0.29) is 30.9 Å². The summed E-state index contributed by atoms with van der Waals surface area (Å²) in [4.78, 5) is 46.4. The van der Waals surface area contributed by atoms with Crippen LogP contribution in [0.2, 0.25) is 0 Å². The fourth-order valence-electron chi connectivity index (χ4n) is 3.21. The van der Waals surface area contributed by atoms with Gasteiger partial charge in [0.25, 0.3) is 11.8 Å². The number of aliphatic carboxylic acids is 2. The highest BCUT2D eigenvalue weighted by molar-refractivity contribution is 5.97. The Morgan fingerprint density at radius 1 is 1.09 bits per heavy atom. The van der Waals surface area contributed by atoms with E-state index in [9.17, 15) is 19.2 Å². The minimum Gasteiger partial charge on any atom is -0.481 e. The lowest BCUT2D eigenvalue weighted by molar-refractivity contribution is -0.140. The first kappa shape index (κ1) is 22.7. The number of amides is 2. The van der Waals surface area contributed by atoms with Gasteiger partial charge in [-0.25, -0.2) is 4.79 Å². The highest BCUT2D eigenvalue weighted by atomic mass is 16.4. The van der Waals surface area contributed by atoms with E-state index in [0.717, 1.165) is 0 Å². The molecule has 172 valence electrons. The largest absolute Gasteiger partial charge is 0.481 e. The predicted octanol–water partition coefficient (Wildman–Crippen LogP) is -2.16. The standard InChI is InChI=1S/C19H25N7O6/c20-19(25-15-14(17(30)26-19)21-7-8-22-15)9-23-11-3-1-10(2-4-11)16(29)24-12(18(31)32)5-6-13(27)28/h1-4,12,21-23,25H,5-9,20H2,(H,24,29)(H,26,30)(H,27,28)(H,31,32). The average molecular weight is 447 g/mol. The summed E-state index contributed by atoms with van der Waals surface area (Å²) in [5.74, 6) is -4.16. The molecule has 2 aliphatic heterocycles. The van der Waals surface area contributed by atoms with Crippen molar-refractivity contribution in [2.75, 3.05) is 25.0 Å². The van der Waals surface area contributed by atoms with E-state index in [1.54, 1.807) is 12.1 Å². The molecule has 0 radical (unpaired) electrons. The number of carboxylic acids is 2. The van der Waals surface area contributed by atoms with Crippen LogP contribution in [0.4, 0.5) is 5.69 Å². The number of anilines is 1. The van der Waals surface area contributed by atoms with Crippen molar-refractivity contribution >= 4 is 29.4 Å². The van der Waals surface area contributed by atoms with E-state index < -0.39 is 29.7 Å². The molecule has 1 aromatic rings. The van der Waals surface area contributed by atoms with Crippen LogP contribution in [0.25, 0.3) is 0 Å². The van der Waals surface area contributed by atoms with Crippen molar-refractivity contribution in [3.8, 4) is 0 Å². The number of hydrogen-bond donors (Lipinski definition) is 9. The SMILES string of the molecule is NC1(CNc2ccc(C(=O)NC(CCC(=O)O)C(=O)O)cc2)NC(=O)C2=C(NCCN2)N1. The zero-order valence-electron chi connectivity index (χ0n) is 17.0. The van der Waals surface area contributed by atoms with Crippen molar-refractivity contribution < 1.29 is 29.4 Å². The summed E-state index contributed by atoms with van der Waals surface area (Å²) in [5, 5.41) is 35.0. The number of carbonyl (C=O) groups is 4. The molecule has 0 bridgehead atoms. The van der Waals surface area contributed by atoms with Gasteiger partial charge >= 0.3 is 11.9 Å². The van der Waals surface area contributed by atoms with E-state index in [1.807, 2.05) is 0 Å². The quantitative estimate of drug-likeness (QED) is 0.199. The molecule has 0 aromatic heterocycles. The first-order chi connectivity index (χ1) is 15.2. The molecule has 2 unspecified atom stereocenters. The normalized spacial score (nSPS) is 20.5. The third kappa shape index (κ3) is 5.57. The smallest absolute Gasteiger partial charge is 0.326 e. The predicted molar refractivity (Wildman–Crippen MR) is 112 cm³/mol. The van der Waals surface area contributed by atoms with E-state index in [0.29, 0.717) is 30.3 Å². The van der Waals surface area contributed by atoms with Crippen molar-refractivity contribution in [1.29, 1.82) is 0 Å². The Hall–Kier alpha value is -4.00. The van der Waals surface area contributed by atoms with Gasteiger partial charge in [-0.05, 0) is 30.7 Å². The molecule has 0 spiro atoms. The lowest BCUT2D eigenvalue weighted by atomic mass is 10.1. The maximum Gasteiger partial charge on any atom is 0.326 e. The van der Waals surface area contributed by atoms with Crippen LogP contribution in [0.1, 0.15) is 23.2 Å². The number of carbonyl (C=O) groups excluding carboxylic acids is 2. The Morgan fingerprint density at radius 2 is 1.78 bits per heavy atom. The van der Waals surface area contributed by atoms with Crippen LogP contribution >= 0.6 is 0 Å². The van der Waals surface area contributed by atoms with Crippen LogP contribution in [0.3, 0.4) is 0 Å². The monoisotopic (exact) mass is 447 g/mol. The Morgan fingerprint density at radius 3 is 2.44 bits per heavy atom. The van der Waals surface area contributed by atoms with Crippen molar-refractivity contribution in [3.63, 3.8) is 0 Å². The summed E-state index contributed by atoms with van der Waals surface area (Å²) in [6, 6.07) is 4.85. The van der Waals surface area contributed by atoms with E-state index in [1.165, 1.54) is 12.1 Å². The molecule has 0 fully saturated rings. The van der Waals surface area contributed by atoms with Crippen molar-refractivity contribution in [2.24, 2.45) is 5.73 Å². The maximum atomic E-state index is 12.3. The molecule has 0 aliphatic carbocycles. The summed E-state index contributed by atoms with van der Waals surface area (Å²) in [7, 11) is 0. The van der Waals surface area contributed by atoms with Crippen molar-refractivity contribution in [1.82, 2.24) is 26.6 Å². The summed E-state index contributed by atoms with van der Waals surface area (Å²) < 4.78 is 0. The molecule has 2 aliphatic rings. The lowest BCUT2D eigenvalue weighted by Crippen LogP contribution is -2.74. The first-order valence-electron chi connectivity index (χ1n) is 9.88. The Labute approximate surface area is 182 Å². The van der Waals surface area contributed by atoms with E-state index in [4.69, 9.17) is 15.9 Å². The zero-order valence-corrected chi connectivity index (χ0v) is 17.0. The summed E-state index contributed by atoms with van der Waals surface area (Å²) in [6.07, 6.45) is -0.606. The molecule has 10 N–H and O–H groups in total. The topological polar surface area (TPSA) is 207 Å². The summed E-state index contributed by atoms with van der Waals surface area (Å²) >= 11 is 0. The number of rotatable bonds is 9. The molecule has 2 atom stereocenters. The third-order valence-corrected chi connectivity index (χ3v) is 4.86. The number of nitrogens with two attached hydrogens (primary N) is 1. The molecular weight excluding hydrogens is 422 g/mol. The van der Waals surface area contributed by atoms with Gasteiger partial charge in [0.05, 0.1) is 6.54 Å². The van der Waals surface area contributed by atoms with Crippen molar-refractivity contribution in [3.05, 3.63) is 41.3 Å². The Bertz CT molecular complexity index is 948. The minimum absolute atomic E-state index is 0.124. The molecule has 32 heavy (non-hydrogen) atoms. The molecule has 0 saturated heterocycles. The van der Waals surface area contributed by atoms with Gasteiger partial charge in [-0.1, -0.05) is 0 Å². The summed E-state index contributed by atoms with van der Waals surface area (Å²) in [6.45, 7) is 1.39. The summed E-state index contributed by atoms with van der Waals surface area (Å²) in [5.41, 5.74) is 7.46. The fourth-order valence-corrected chi connectivity index (χ4v) is 3.21. The van der Waals surface area contributed by atoms with Crippen LogP contribution < -0.4 is 37.6 Å². The lowest BCUT2D eigenvalue weighted by Gasteiger charge is -2.40. The van der Waals surface area contributed by atoms with Crippen LogP contribution in [0.5, 0.6) is 0 Å². The van der Waals surface area contributed by atoms with Gasteiger partial charge < -0.3 is 42.1 Å². The fraction of sp³-hybridized carbons (Fsp3) is 0.368. The van der Waals surface area contributed by atoms with Crippen LogP contribution in [-0.4, -0.2) is 65.4 Å². The Balaban J connectivity index is 1.57. The molecule has 1 aromatic carbocycles. The van der Waals surface area contributed by atoms with E-state index in [2.05, 4.69) is 31.9 Å².